The maximum Gasteiger partial charge on any atom is 0.194 e. The van der Waals surface area contributed by atoms with Crippen LogP contribution in [-0.2, 0) is 0 Å². The Hall–Kier alpha value is -2.00. The minimum Gasteiger partial charge on any atom is -0.289 e. The van der Waals surface area contributed by atoms with Crippen LogP contribution in [0.15, 0.2) is 59.2 Å². The summed E-state index contributed by atoms with van der Waals surface area (Å²) in [4.78, 5) is 16.8. The third-order valence-electron chi connectivity index (χ3n) is 3.23. The van der Waals surface area contributed by atoms with E-state index in [2.05, 4.69) is 20.9 Å². The van der Waals surface area contributed by atoms with E-state index in [1.807, 2.05) is 55.5 Å². The number of nitrogens with zero attached hydrogens (tertiary/aromatic N) is 1. The number of hydrogen-bond acceptors (Lipinski definition) is 2. The maximum atomic E-state index is 12.6. The summed E-state index contributed by atoms with van der Waals surface area (Å²) in [5.41, 5.74) is 3.37. The van der Waals surface area contributed by atoms with Crippen molar-refractivity contribution in [1.29, 1.82) is 0 Å². The van der Waals surface area contributed by atoms with Crippen molar-refractivity contribution < 1.29 is 4.79 Å². The summed E-state index contributed by atoms with van der Waals surface area (Å²) in [6.45, 7) is 2.00. The fourth-order valence-corrected chi connectivity index (χ4v) is 2.85. The van der Waals surface area contributed by atoms with E-state index in [1.165, 1.54) is 0 Å². The number of ketones is 1. The number of pyridine rings is 1. The normalized spacial score (nSPS) is 10.7. The van der Waals surface area contributed by atoms with Crippen molar-refractivity contribution in [2.45, 2.75) is 6.92 Å². The monoisotopic (exact) mass is 325 g/mol. The highest BCUT2D eigenvalue weighted by Gasteiger charge is 2.13. The van der Waals surface area contributed by atoms with Crippen molar-refractivity contribution in [2.75, 3.05) is 0 Å². The minimum atomic E-state index is 0.0163. The predicted molar refractivity (Wildman–Crippen MR) is 84.1 cm³/mol. The van der Waals surface area contributed by atoms with Crippen molar-refractivity contribution in [3.63, 3.8) is 0 Å². The van der Waals surface area contributed by atoms with Crippen molar-refractivity contribution in [1.82, 2.24) is 4.98 Å². The molecule has 0 radical (unpaired) electrons. The number of carbonyl (C=O) groups excluding carboxylic acids is 1. The Morgan fingerprint density at radius 1 is 1.10 bits per heavy atom. The second-order valence-electron chi connectivity index (χ2n) is 4.72. The molecule has 3 heteroatoms. The summed E-state index contributed by atoms with van der Waals surface area (Å²) in [5, 5.41) is 0.974. The zero-order valence-corrected chi connectivity index (χ0v) is 12.5. The lowest BCUT2D eigenvalue weighted by atomic mass is 10.0. The number of aryl methyl sites for hydroxylation is 1. The van der Waals surface area contributed by atoms with Gasteiger partial charge in [-0.3, -0.25) is 9.78 Å². The third kappa shape index (κ3) is 2.37. The molecular weight excluding hydrogens is 314 g/mol. The average molecular weight is 326 g/mol. The summed E-state index contributed by atoms with van der Waals surface area (Å²) in [7, 11) is 0. The molecule has 3 aromatic rings. The lowest BCUT2D eigenvalue weighted by molar-refractivity contribution is 0.103. The van der Waals surface area contributed by atoms with Gasteiger partial charge in [-0.05, 0) is 48.9 Å². The van der Waals surface area contributed by atoms with Crippen LogP contribution in [0, 0.1) is 6.92 Å². The van der Waals surface area contributed by atoms with Crippen LogP contribution in [0.2, 0.25) is 0 Å². The first-order valence-electron chi connectivity index (χ1n) is 6.31. The highest BCUT2D eigenvalue weighted by atomic mass is 79.9. The average Bonchev–Trinajstić information content (AvgIpc) is 2.46. The Labute approximate surface area is 125 Å². The van der Waals surface area contributed by atoms with Crippen LogP contribution >= 0.6 is 15.9 Å². The Kier molecular flexibility index (Phi) is 3.36. The van der Waals surface area contributed by atoms with Gasteiger partial charge in [0.2, 0.25) is 0 Å². The fourth-order valence-electron chi connectivity index (χ4n) is 2.18. The number of carbonyl (C=O) groups is 1. The second kappa shape index (κ2) is 5.17. The van der Waals surface area contributed by atoms with Gasteiger partial charge < -0.3 is 0 Å². The largest absolute Gasteiger partial charge is 0.289 e. The van der Waals surface area contributed by atoms with E-state index in [0.717, 1.165) is 20.9 Å². The van der Waals surface area contributed by atoms with Gasteiger partial charge in [0.05, 0.1) is 5.52 Å². The van der Waals surface area contributed by atoms with Crippen molar-refractivity contribution in [3.05, 3.63) is 75.9 Å². The van der Waals surface area contributed by atoms with Gasteiger partial charge >= 0.3 is 0 Å². The standard InChI is InChI=1S/C17H12BrNO/c1-11-4-6-14(15(18)9-11)17(20)13-5-7-16-12(10-13)3-2-8-19-16/h2-10H,1H3. The third-order valence-corrected chi connectivity index (χ3v) is 3.89. The van der Waals surface area contributed by atoms with Crippen LogP contribution in [0.1, 0.15) is 21.5 Å². The van der Waals surface area contributed by atoms with E-state index in [9.17, 15) is 4.79 Å². The van der Waals surface area contributed by atoms with Gasteiger partial charge in [-0.15, -0.1) is 0 Å². The molecule has 0 aliphatic carbocycles. The molecule has 0 atom stereocenters. The summed E-state index contributed by atoms with van der Waals surface area (Å²) < 4.78 is 0.828. The topological polar surface area (TPSA) is 30.0 Å². The molecule has 0 aliphatic rings. The molecular formula is C17H12BrNO. The Balaban J connectivity index is 2.08. The van der Waals surface area contributed by atoms with E-state index in [1.54, 1.807) is 6.20 Å². The van der Waals surface area contributed by atoms with Crippen molar-refractivity contribution in [3.8, 4) is 0 Å². The van der Waals surface area contributed by atoms with Crippen LogP contribution in [0.3, 0.4) is 0 Å². The highest BCUT2D eigenvalue weighted by Crippen LogP contribution is 2.23. The molecule has 0 fully saturated rings. The quantitative estimate of drug-likeness (QED) is 0.647. The summed E-state index contributed by atoms with van der Waals surface area (Å²) in [6, 6.07) is 15.2. The Morgan fingerprint density at radius 2 is 1.95 bits per heavy atom. The Bertz CT molecular complexity index is 811. The summed E-state index contributed by atoms with van der Waals surface area (Å²) in [5.74, 6) is 0.0163. The van der Waals surface area contributed by atoms with E-state index >= 15 is 0 Å². The Morgan fingerprint density at radius 3 is 2.75 bits per heavy atom. The van der Waals surface area contributed by atoms with E-state index in [-0.39, 0.29) is 5.78 Å². The number of halogens is 1. The summed E-state index contributed by atoms with van der Waals surface area (Å²) in [6.07, 6.45) is 1.75. The molecule has 0 N–H and O–H groups in total. The summed E-state index contributed by atoms with van der Waals surface area (Å²) >= 11 is 3.46. The van der Waals surface area contributed by atoms with Crippen LogP contribution in [-0.4, -0.2) is 10.8 Å². The zero-order valence-electron chi connectivity index (χ0n) is 10.9. The van der Waals surface area contributed by atoms with Gasteiger partial charge in [0, 0.05) is 27.2 Å². The van der Waals surface area contributed by atoms with Gasteiger partial charge in [-0.2, -0.15) is 0 Å². The van der Waals surface area contributed by atoms with Gasteiger partial charge in [-0.1, -0.05) is 28.1 Å². The van der Waals surface area contributed by atoms with E-state index < -0.39 is 0 Å². The molecule has 0 unspecified atom stereocenters. The van der Waals surface area contributed by atoms with Crippen molar-refractivity contribution >= 4 is 32.6 Å². The van der Waals surface area contributed by atoms with E-state index in [4.69, 9.17) is 0 Å². The lowest BCUT2D eigenvalue weighted by Crippen LogP contribution is -2.02. The van der Waals surface area contributed by atoms with Gasteiger partial charge in [0.15, 0.2) is 5.78 Å². The van der Waals surface area contributed by atoms with Crippen LogP contribution in [0.25, 0.3) is 10.9 Å². The fraction of sp³-hybridized carbons (Fsp3) is 0.0588. The molecule has 0 aliphatic heterocycles. The molecule has 0 spiro atoms. The first-order valence-corrected chi connectivity index (χ1v) is 7.10. The number of aromatic nitrogens is 1. The molecule has 3 rings (SSSR count). The number of hydrogen-bond donors (Lipinski definition) is 0. The molecule has 20 heavy (non-hydrogen) atoms. The first-order chi connectivity index (χ1) is 9.65. The zero-order chi connectivity index (χ0) is 14.1. The van der Waals surface area contributed by atoms with Gasteiger partial charge in [0.1, 0.15) is 0 Å². The molecule has 0 bridgehead atoms. The smallest absolute Gasteiger partial charge is 0.194 e. The predicted octanol–water partition coefficient (Wildman–Crippen LogP) is 4.54. The van der Waals surface area contributed by atoms with Crippen molar-refractivity contribution in [2.24, 2.45) is 0 Å². The lowest BCUT2D eigenvalue weighted by Gasteiger charge is -2.06. The molecule has 2 nitrogen and oxygen atoms in total. The van der Waals surface area contributed by atoms with Crippen LogP contribution in [0.5, 0.6) is 0 Å². The minimum absolute atomic E-state index is 0.0163. The molecule has 2 aromatic carbocycles. The van der Waals surface area contributed by atoms with Gasteiger partial charge in [0.25, 0.3) is 0 Å². The van der Waals surface area contributed by atoms with E-state index in [0.29, 0.717) is 11.1 Å². The molecule has 0 amide bonds. The molecule has 0 saturated heterocycles. The van der Waals surface area contributed by atoms with Gasteiger partial charge in [-0.25, -0.2) is 0 Å². The number of rotatable bonds is 2. The molecule has 98 valence electrons. The SMILES string of the molecule is Cc1ccc(C(=O)c2ccc3ncccc3c2)c(Br)c1. The molecule has 1 heterocycles. The van der Waals surface area contributed by atoms with Crippen LogP contribution in [0.4, 0.5) is 0 Å². The maximum absolute atomic E-state index is 12.6. The first kappa shape index (κ1) is 13.0. The highest BCUT2D eigenvalue weighted by molar-refractivity contribution is 9.10. The second-order valence-corrected chi connectivity index (χ2v) is 5.58. The molecule has 1 aromatic heterocycles. The number of benzene rings is 2. The number of fused-ring (bicyclic) bond motifs is 1. The van der Waals surface area contributed by atoms with Crippen LogP contribution < -0.4 is 0 Å². The molecule has 0 saturated carbocycles.